The molecule has 2 heterocycles. The molecule has 2 rings (SSSR count). The largest absolute Gasteiger partial charge is 0.444 e. The fourth-order valence-electron chi connectivity index (χ4n) is 2.14. The van der Waals surface area contributed by atoms with Crippen molar-refractivity contribution in [3.8, 4) is 0 Å². The highest BCUT2D eigenvalue weighted by atomic mass is 16.6. The first-order valence-corrected chi connectivity index (χ1v) is 5.87. The maximum atomic E-state index is 11.9. The summed E-state index contributed by atoms with van der Waals surface area (Å²) in [5.41, 5.74) is 0.898. The molecule has 16 heavy (non-hydrogen) atoms. The van der Waals surface area contributed by atoms with E-state index in [1.165, 1.54) is 5.70 Å². The molecule has 4 heteroatoms. The summed E-state index contributed by atoms with van der Waals surface area (Å²) in [6.07, 6.45) is 3.02. The van der Waals surface area contributed by atoms with E-state index in [1.807, 2.05) is 20.8 Å². The van der Waals surface area contributed by atoms with Gasteiger partial charge in [-0.1, -0.05) is 0 Å². The summed E-state index contributed by atoms with van der Waals surface area (Å²) in [5.74, 6) is 0.487. The number of ether oxygens (including phenoxy) is 1. The maximum absolute atomic E-state index is 11.9. The van der Waals surface area contributed by atoms with Gasteiger partial charge in [-0.15, -0.1) is 0 Å². The lowest BCUT2D eigenvalue weighted by Gasteiger charge is -2.31. The lowest BCUT2D eigenvalue weighted by atomic mass is 10.0. The van der Waals surface area contributed by atoms with Gasteiger partial charge in [-0.2, -0.15) is 0 Å². The van der Waals surface area contributed by atoms with Crippen LogP contribution in [0.3, 0.4) is 0 Å². The Morgan fingerprint density at radius 3 is 3.00 bits per heavy atom. The number of nitrogens with zero attached hydrogens (tertiary/aromatic N) is 1. The van der Waals surface area contributed by atoms with Gasteiger partial charge in [-0.05, 0) is 33.3 Å². The molecule has 1 unspecified atom stereocenters. The third kappa shape index (κ3) is 2.49. The molecule has 2 aliphatic rings. The van der Waals surface area contributed by atoms with E-state index in [2.05, 4.69) is 11.4 Å². The molecule has 0 radical (unpaired) electrons. The van der Waals surface area contributed by atoms with Gasteiger partial charge in [0.15, 0.2) is 0 Å². The monoisotopic (exact) mass is 224 g/mol. The van der Waals surface area contributed by atoms with Crippen molar-refractivity contribution in [2.75, 3.05) is 19.6 Å². The molecule has 1 fully saturated rings. The number of rotatable bonds is 0. The van der Waals surface area contributed by atoms with E-state index >= 15 is 0 Å². The van der Waals surface area contributed by atoms with Crippen LogP contribution >= 0.6 is 0 Å². The Labute approximate surface area is 96.6 Å². The second-order valence-electron chi connectivity index (χ2n) is 5.46. The molecule has 90 valence electrons. The Morgan fingerprint density at radius 1 is 1.56 bits per heavy atom. The fraction of sp³-hybridized carbons (Fsp3) is 0.750. The number of hydrogen-bond acceptors (Lipinski definition) is 3. The highest BCUT2D eigenvalue weighted by molar-refractivity contribution is 5.68. The van der Waals surface area contributed by atoms with Gasteiger partial charge in [0.1, 0.15) is 5.60 Å². The molecule has 1 N–H and O–H groups in total. The minimum atomic E-state index is -0.408. The van der Waals surface area contributed by atoms with Crippen molar-refractivity contribution >= 4 is 6.09 Å². The first-order chi connectivity index (χ1) is 7.46. The topological polar surface area (TPSA) is 41.6 Å². The van der Waals surface area contributed by atoms with Crippen LogP contribution in [0.5, 0.6) is 0 Å². The van der Waals surface area contributed by atoms with E-state index in [0.717, 1.165) is 19.5 Å². The zero-order valence-corrected chi connectivity index (χ0v) is 10.2. The molecule has 0 aliphatic carbocycles. The molecule has 0 bridgehead atoms. The van der Waals surface area contributed by atoms with Gasteiger partial charge >= 0.3 is 6.09 Å². The molecule has 0 saturated carbocycles. The lowest BCUT2D eigenvalue weighted by Crippen LogP contribution is -2.42. The molecule has 0 spiro atoms. The fourth-order valence-corrected chi connectivity index (χ4v) is 2.14. The van der Waals surface area contributed by atoms with Gasteiger partial charge in [0, 0.05) is 31.2 Å². The molecule has 0 aromatic carbocycles. The van der Waals surface area contributed by atoms with Crippen molar-refractivity contribution in [2.24, 2.45) is 5.92 Å². The van der Waals surface area contributed by atoms with Gasteiger partial charge in [-0.3, -0.25) is 0 Å². The highest BCUT2D eigenvalue weighted by Crippen LogP contribution is 2.24. The highest BCUT2D eigenvalue weighted by Gasteiger charge is 2.30. The van der Waals surface area contributed by atoms with Crippen molar-refractivity contribution in [3.05, 3.63) is 11.8 Å². The van der Waals surface area contributed by atoms with Crippen LogP contribution in [-0.4, -0.2) is 36.2 Å². The molecule has 1 amide bonds. The van der Waals surface area contributed by atoms with Crippen molar-refractivity contribution < 1.29 is 9.53 Å². The first-order valence-electron chi connectivity index (χ1n) is 5.87. The van der Waals surface area contributed by atoms with E-state index in [0.29, 0.717) is 12.5 Å². The Kier molecular flexibility index (Phi) is 2.82. The van der Waals surface area contributed by atoms with Gasteiger partial charge in [-0.25, -0.2) is 4.79 Å². The van der Waals surface area contributed by atoms with E-state index in [-0.39, 0.29) is 6.09 Å². The molecular formula is C12H20N2O2. The lowest BCUT2D eigenvalue weighted by molar-refractivity contribution is 0.0242. The van der Waals surface area contributed by atoms with Gasteiger partial charge in [0.2, 0.25) is 0 Å². The standard InChI is InChI=1S/C12H20N2O2/c1-12(2,3)16-11(15)14-7-5-10-9(8-14)4-6-13-10/h5,9,13H,4,6-8H2,1-3H3. The van der Waals surface area contributed by atoms with Gasteiger partial charge < -0.3 is 15.0 Å². The van der Waals surface area contributed by atoms with Crippen LogP contribution in [0.4, 0.5) is 4.79 Å². The number of amides is 1. The zero-order valence-electron chi connectivity index (χ0n) is 10.2. The zero-order chi connectivity index (χ0) is 11.8. The molecule has 1 saturated heterocycles. The van der Waals surface area contributed by atoms with E-state index in [9.17, 15) is 4.79 Å². The quantitative estimate of drug-likeness (QED) is 0.681. The number of nitrogens with one attached hydrogen (secondary N) is 1. The number of carbonyl (C=O) groups is 1. The van der Waals surface area contributed by atoms with E-state index in [1.54, 1.807) is 4.90 Å². The third-order valence-corrected chi connectivity index (χ3v) is 2.89. The summed E-state index contributed by atoms with van der Waals surface area (Å²) in [6.45, 7) is 8.16. The van der Waals surface area contributed by atoms with Gasteiger partial charge in [0.05, 0.1) is 0 Å². The van der Waals surface area contributed by atoms with Crippen LogP contribution in [0.1, 0.15) is 27.2 Å². The summed E-state index contributed by atoms with van der Waals surface area (Å²) in [7, 11) is 0. The summed E-state index contributed by atoms with van der Waals surface area (Å²) in [4.78, 5) is 13.6. The minimum Gasteiger partial charge on any atom is -0.444 e. The second kappa shape index (κ2) is 4.00. The van der Waals surface area contributed by atoms with Crippen LogP contribution in [0.25, 0.3) is 0 Å². The average molecular weight is 224 g/mol. The van der Waals surface area contributed by atoms with Gasteiger partial charge in [0.25, 0.3) is 0 Å². The SMILES string of the molecule is CC(C)(C)OC(=O)N1CC=C2NCCC2C1. The Hall–Kier alpha value is -1.19. The smallest absolute Gasteiger partial charge is 0.410 e. The molecule has 4 nitrogen and oxygen atoms in total. The summed E-state index contributed by atoms with van der Waals surface area (Å²) < 4.78 is 5.36. The van der Waals surface area contributed by atoms with E-state index < -0.39 is 5.60 Å². The summed E-state index contributed by atoms with van der Waals surface area (Å²) in [5, 5.41) is 3.35. The predicted octanol–water partition coefficient (Wildman–Crippen LogP) is 1.73. The van der Waals surface area contributed by atoms with Crippen molar-refractivity contribution in [2.45, 2.75) is 32.8 Å². The predicted molar refractivity (Wildman–Crippen MR) is 62.0 cm³/mol. The molecule has 0 aromatic heterocycles. The minimum absolute atomic E-state index is 0.199. The Bertz CT molecular complexity index is 317. The average Bonchev–Trinajstić information content (AvgIpc) is 2.61. The molecular weight excluding hydrogens is 204 g/mol. The van der Waals surface area contributed by atoms with Crippen LogP contribution < -0.4 is 5.32 Å². The van der Waals surface area contributed by atoms with Crippen LogP contribution in [0.2, 0.25) is 0 Å². The Balaban J connectivity index is 1.95. The third-order valence-electron chi connectivity index (χ3n) is 2.89. The number of carbonyl (C=O) groups excluding carboxylic acids is 1. The van der Waals surface area contributed by atoms with Crippen LogP contribution in [-0.2, 0) is 4.74 Å². The van der Waals surface area contributed by atoms with Crippen LogP contribution in [0, 0.1) is 5.92 Å². The normalized spacial score (nSPS) is 24.6. The van der Waals surface area contributed by atoms with Crippen LogP contribution in [0.15, 0.2) is 11.8 Å². The first kappa shape index (κ1) is 11.3. The molecule has 1 atom stereocenters. The molecule has 2 aliphatic heterocycles. The van der Waals surface area contributed by atoms with E-state index in [4.69, 9.17) is 4.74 Å². The second-order valence-corrected chi connectivity index (χ2v) is 5.46. The maximum Gasteiger partial charge on any atom is 0.410 e. The summed E-state index contributed by atoms with van der Waals surface area (Å²) >= 11 is 0. The number of fused-ring (bicyclic) bond motifs is 1. The Morgan fingerprint density at radius 2 is 2.31 bits per heavy atom. The summed E-state index contributed by atoms with van der Waals surface area (Å²) in [6, 6.07) is 0. The number of hydrogen-bond donors (Lipinski definition) is 1. The van der Waals surface area contributed by atoms with Crippen molar-refractivity contribution in [1.82, 2.24) is 10.2 Å². The molecule has 0 aromatic rings. The van der Waals surface area contributed by atoms with Crippen molar-refractivity contribution in [1.29, 1.82) is 0 Å². The van der Waals surface area contributed by atoms with Crippen molar-refractivity contribution in [3.63, 3.8) is 0 Å².